The number of nitrogens with zero attached hydrogens (tertiary/aromatic N) is 1. The van der Waals surface area contributed by atoms with Gasteiger partial charge in [0.05, 0.1) is 10.0 Å². The number of halogens is 1. The Morgan fingerprint density at radius 2 is 2.28 bits per heavy atom. The summed E-state index contributed by atoms with van der Waals surface area (Å²) in [4.78, 5) is 25.5. The number of nitrogens with two attached hydrogens (primary N) is 1. The highest BCUT2D eigenvalue weighted by Gasteiger charge is 2.30. The van der Waals surface area contributed by atoms with E-state index < -0.39 is 6.04 Å². The number of nitrogens with one attached hydrogen (secondary N) is 1. The molecule has 1 unspecified atom stereocenters. The number of hydrogen-bond acceptors (Lipinski definition) is 3. The van der Waals surface area contributed by atoms with Crippen molar-refractivity contribution in [2.75, 3.05) is 18.8 Å². The molecule has 1 aromatic rings. The second-order valence-corrected chi connectivity index (χ2v) is 4.97. The zero-order chi connectivity index (χ0) is 13.3. The van der Waals surface area contributed by atoms with Crippen LogP contribution < -0.4 is 11.1 Å². The molecule has 0 radical (unpaired) electrons. The van der Waals surface area contributed by atoms with Gasteiger partial charge in [-0.2, -0.15) is 0 Å². The van der Waals surface area contributed by atoms with E-state index in [-0.39, 0.29) is 11.8 Å². The summed E-state index contributed by atoms with van der Waals surface area (Å²) in [5, 5.41) is 2.72. The van der Waals surface area contributed by atoms with Crippen LogP contribution in [0.15, 0.2) is 22.7 Å². The molecule has 6 heteroatoms. The predicted octanol–water partition coefficient (Wildman–Crippen LogP) is 0.992. The average molecular weight is 312 g/mol. The summed E-state index contributed by atoms with van der Waals surface area (Å²) in [6, 6.07) is 4.68. The van der Waals surface area contributed by atoms with Crippen LogP contribution in [0.2, 0.25) is 0 Å². The number of amides is 2. The number of carbonyl (C=O) groups excluding carboxylic acids is 2. The fraction of sp³-hybridized carbons (Fsp3) is 0.333. The van der Waals surface area contributed by atoms with Gasteiger partial charge < -0.3 is 16.0 Å². The number of piperazine rings is 1. The van der Waals surface area contributed by atoms with E-state index in [0.717, 1.165) is 0 Å². The minimum atomic E-state index is -0.459. The zero-order valence-corrected chi connectivity index (χ0v) is 11.5. The van der Waals surface area contributed by atoms with Crippen molar-refractivity contribution in [3.05, 3.63) is 28.2 Å². The molecule has 1 aliphatic heterocycles. The molecule has 0 saturated carbocycles. The van der Waals surface area contributed by atoms with Gasteiger partial charge in [0.25, 0.3) is 5.91 Å². The number of nitrogen functional groups attached to an aromatic ring is 1. The van der Waals surface area contributed by atoms with Crippen molar-refractivity contribution >= 4 is 33.4 Å². The lowest BCUT2D eigenvalue weighted by Crippen LogP contribution is -2.55. The van der Waals surface area contributed by atoms with Crippen LogP contribution in [0.25, 0.3) is 0 Å². The fourth-order valence-corrected chi connectivity index (χ4v) is 2.36. The van der Waals surface area contributed by atoms with Crippen molar-refractivity contribution in [2.24, 2.45) is 0 Å². The Kier molecular flexibility index (Phi) is 3.56. The Bertz CT molecular complexity index is 504. The number of hydrogen-bond donors (Lipinski definition) is 2. The van der Waals surface area contributed by atoms with Gasteiger partial charge in [0.1, 0.15) is 6.04 Å². The molecule has 1 atom stereocenters. The zero-order valence-electron chi connectivity index (χ0n) is 9.94. The molecule has 1 fully saturated rings. The minimum absolute atomic E-state index is 0.130. The van der Waals surface area contributed by atoms with Crippen LogP contribution in [-0.4, -0.2) is 35.8 Å². The van der Waals surface area contributed by atoms with Crippen molar-refractivity contribution in [1.29, 1.82) is 0 Å². The first-order valence-electron chi connectivity index (χ1n) is 5.65. The molecule has 0 spiro atoms. The summed E-state index contributed by atoms with van der Waals surface area (Å²) in [7, 11) is 0. The van der Waals surface area contributed by atoms with Crippen LogP contribution in [0, 0.1) is 0 Å². The molecule has 5 nitrogen and oxygen atoms in total. The third-order valence-corrected chi connectivity index (χ3v) is 3.90. The standard InChI is InChI=1S/C12H14BrN3O2/c1-7-11(17)15-5-6-16(7)12(18)8-3-2-4-9(14)10(8)13/h2-4,7H,5-6,14H2,1H3,(H,15,17). The maximum atomic E-state index is 12.4. The van der Waals surface area contributed by atoms with Gasteiger partial charge >= 0.3 is 0 Å². The minimum Gasteiger partial charge on any atom is -0.398 e. The first kappa shape index (κ1) is 12.9. The maximum absolute atomic E-state index is 12.4. The third kappa shape index (κ3) is 2.20. The molecule has 0 bridgehead atoms. The molecular weight excluding hydrogens is 298 g/mol. The lowest BCUT2D eigenvalue weighted by Gasteiger charge is -2.33. The molecular formula is C12H14BrN3O2. The SMILES string of the molecule is CC1C(=O)NCCN1C(=O)c1cccc(N)c1Br. The summed E-state index contributed by atoms with van der Waals surface area (Å²) < 4.78 is 0.577. The summed E-state index contributed by atoms with van der Waals surface area (Å²) in [5.74, 6) is -0.314. The maximum Gasteiger partial charge on any atom is 0.255 e. The molecule has 1 heterocycles. The molecule has 1 aliphatic rings. The normalized spacial score (nSPS) is 19.6. The predicted molar refractivity (Wildman–Crippen MR) is 72.1 cm³/mol. The number of anilines is 1. The highest BCUT2D eigenvalue weighted by atomic mass is 79.9. The van der Waals surface area contributed by atoms with E-state index in [1.807, 2.05) is 0 Å². The summed E-state index contributed by atoms with van der Waals surface area (Å²) in [6.07, 6.45) is 0. The van der Waals surface area contributed by atoms with Crippen LogP contribution in [-0.2, 0) is 4.79 Å². The molecule has 0 aromatic heterocycles. The van der Waals surface area contributed by atoms with Crippen LogP contribution in [0.1, 0.15) is 17.3 Å². The van der Waals surface area contributed by atoms with Gasteiger partial charge in [-0.15, -0.1) is 0 Å². The van der Waals surface area contributed by atoms with Crippen molar-refractivity contribution in [3.63, 3.8) is 0 Å². The van der Waals surface area contributed by atoms with Crippen molar-refractivity contribution in [2.45, 2.75) is 13.0 Å². The highest BCUT2D eigenvalue weighted by molar-refractivity contribution is 9.10. The molecule has 18 heavy (non-hydrogen) atoms. The molecule has 1 saturated heterocycles. The summed E-state index contributed by atoms with van der Waals surface area (Å²) in [6.45, 7) is 2.70. The van der Waals surface area contributed by atoms with Gasteiger partial charge in [-0.3, -0.25) is 9.59 Å². The fourth-order valence-electron chi connectivity index (χ4n) is 1.93. The van der Waals surface area contributed by atoms with Crippen molar-refractivity contribution < 1.29 is 9.59 Å². The molecule has 3 N–H and O–H groups in total. The van der Waals surface area contributed by atoms with Crippen LogP contribution in [0.5, 0.6) is 0 Å². The van der Waals surface area contributed by atoms with Gasteiger partial charge in [-0.1, -0.05) is 6.07 Å². The van der Waals surface area contributed by atoms with Crippen LogP contribution >= 0.6 is 15.9 Å². The van der Waals surface area contributed by atoms with E-state index in [9.17, 15) is 9.59 Å². The smallest absolute Gasteiger partial charge is 0.255 e. The first-order chi connectivity index (χ1) is 8.52. The lowest BCUT2D eigenvalue weighted by molar-refractivity contribution is -0.127. The largest absolute Gasteiger partial charge is 0.398 e. The first-order valence-corrected chi connectivity index (χ1v) is 6.44. The number of carbonyl (C=O) groups is 2. The number of benzene rings is 1. The second kappa shape index (κ2) is 4.97. The third-order valence-electron chi connectivity index (χ3n) is 3.02. The van der Waals surface area contributed by atoms with Crippen LogP contribution in [0.4, 0.5) is 5.69 Å². The Morgan fingerprint density at radius 3 is 3.00 bits per heavy atom. The van der Waals surface area contributed by atoms with E-state index in [0.29, 0.717) is 28.8 Å². The Hall–Kier alpha value is -1.56. The summed E-state index contributed by atoms with van der Waals surface area (Å²) >= 11 is 3.31. The highest BCUT2D eigenvalue weighted by Crippen LogP contribution is 2.25. The Labute approximate surface area is 113 Å². The van der Waals surface area contributed by atoms with Gasteiger partial charge in [-0.25, -0.2) is 0 Å². The monoisotopic (exact) mass is 311 g/mol. The van der Waals surface area contributed by atoms with E-state index >= 15 is 0 Å². The Balaban J connectivity index is 2.31. The van der Waals surface area contributed by atoms with E-state index in [1.165, 1.54) is 0 Å². The topological polar surface area (TPSA) is 75.4 Å². The average Bonchev–Trinajstić information content (AvgIpc) is 2.35. The molecule has 96 valence electrons. The van der Waals surface area contributed by atoms with E-state index in [4.69, 9.17) is 5.73 Å². The summed E-state index contributed by atoms with van der Waals surface area (Å²) in [5.41, 5.74) is 6.75. The van der Waals surface area contributed by atoms with Gasteiger partial charge in [0, 0.05) is 18.8 Å². The van der Waals surface area contributed by atoms with Gasteiger partial charge in [0.2, 0.25) is 5.91 Å². The van der Waals surface area contributed by atoms with Crippen molar-refractivity contribution in [3.8, 4) is 0 Å². The van der Waals surface area contributed by atoms with Gasteiger partial charge in [-0.05, 0) is 35.0 Å². The quantitative estimate of drug-likeness (QED) is 0.760. The van der Waals surface area contributed by atoms with Crippen LogP contribution in [0.3, 0.4) is 0 Å². The van der Waals surface area contributed by atoms with Crippen molar-refractivity contribution in [1.82, 2.24) is 10.2 Å². The molecule has 2 amide bonds. The second-order valence-electron chi connectivity index (χ2n) is 4.17. The number of rotatable bonds is 1. The molecule has 2 rings (SSSR count). The Morgan fingerprint density at radius 1 is 1.56 bits per heavy atom. The lowest BCUT2D eigenvalue weighted by atomic mass is 10.1. The van der Waals surface area contributed by atoms with E-state index in [1.54, 1.807) is 30.0 Å². The van der Waals surface area contributed by atoms with Gasteiger partial charge in [0.15, 0.2) is 0 Å². The van der Waals surface area contributed by atoms with E-state index in [2.05, 4.69) is 21.2 Å². The molecule has 0 aliphatic carbocycles. The molecule has 1 aromatic carbocycles.